The largest absolute Gasteiger partial charge is 0.481 e. The number of aliphatic carboxylic acids is 1. The molecule has 0 spiro atoms. The molecule has 1 aliphatic carbocycles. The summed E-state index contributed by atoms with van der Waals surface area (Å²) in [6.45, 7) is 0.606. The first-order valence-corrected chi connectivity index (χ1v) is 8.76. The summed E-state index contributed by atoms with van der Waals surface area (Å²) in [5.74, 6) is 1.19. The Hall–Kier alpha value is -1.00. The molecule has 2 fully saturated rings. The van der Waals surface area contributed by atoms with Crippen molar-refractivity contribution < 1.29 is 14.6 Å². The standard InChI is InChI=1S/C17H20O3S/c18-16(19)17(7-8-20-15(17)11-5-6-11)9-12-10-21-14-4-2-1-3-13(12)14/h1-4,11-12,15H,5-10H2,(H,18,19). The third kappa shape index (κ3) is 2.20. The highest BCUT2D eigenvalue weighted by molar-refractivity contribution is 7.99. The molecule has 21 heavy (non-hydrogen) atoms. The number of carboxylic acid groups (broad SMARTS) is 1. The molecule has 3 unspecified atom stereocenters. The Labute approximate surface area is 129 Å². The van der Waals surface area contributed by atoms with Crippen LogP contribution in [-0.4, -0.2) is 29.5 Å². The smallest absolute Gasteiger partial charge is 0.312 e. The van der Waals surface area contributed by atoms with Gasteiger partial charge in [-0.1, -0.05) is 18.2 Å². The molecule has 1 aromatic carbocycles. The summed E-state index contributed by atoms with van der Waals surface area (Å²) in [5, 5.41) is 9.93. The van der Waals surface area contributed by atoms with Crippen molar-refractivity contribution in [3.63, 3.8) is 0 Å². The van der Waals surface area contributed by atoms with E-state index in [9.17, 15) is 9.90 Å². The number of carbonyl (C=O) groups is 1. The Bertz CT molecular complexity index is 569. The van der Waals surface area contributed by atoms with Gasteiger partial charge in [-0.15, -0.1) is 11.8 Å². The average Bonchev–Trinajstić information content (AvgIpc) is 3.11. The van der Waals surface area contributed by atoms with Crippen LogP contribution in [0.1, 0.15) is 37.2 Å². The molecule has 1 saturated heterocycles. The molecule has 2 aliphatic heterocycles. The van der Waals surface area contributed by atoms with Gasteiger partial charge in [-0.25, -0.2) is 0 Å². The highest BCUT2D eigenvalue weighted by Crippen LogP contribution is 2.54. The fourth-order valence-corrected chi connectivity index (χ4v) is 5.28. The number of fused-ring (bicyclic) bond motifs is 1. The average molecular weight is 304 g/mol. The van der Waals surface area contributed by atoms with Crippen molar-refractivity contribution in [2.75, 3.05) is 12.4 Å². The van der Waals surface area contributed by atoms with Gasteiger partial charge in [0.25, 0.3) is 0 Å². The Kier molecular flexibility index (Phi) is 3.27. The van der Waals surface area contributed by atoms with Gasteiger partial charge < -0.3 is 9.84 Å². The number of carboxylic acids is 1. The van der Waals surface area contributed by atoms with Gasteiger partial charge in [-0.05, 0) is 49.1 Å². The number of benzene rings is 1. The van der Waals surface area contributed by atoms with Crippen LogP contribution < -0.4 is 0 Å². The molecule has 4 heteroatoms. The van der Waals surface area contributed by atoms with E-state index >= 15 is 0 Å². The van der Waals surface area contributed by atoms with Crippen molar-refractivity contribution in [2.45, 2.75) is 42.6 Å². The fourth-order valence-electron chi connectivity index (χ4n) is 4.03. The van der Waals surface area contributed by atoms with E-state index in [1.54, 1.807) is 0 Å². The van der Waals surface area contributed by atoms with Gasteiger partial charge in [-0.3, -0.25) is 4.79 Å². The van der Waals surface area contributed by atoms with Crippen LogP contribution in [0.3, 0.4) is 0 Å². The lowest BCUT2D eigenvalue weighted by Gasteiger charge is -2.32. The second kappa shape index (κ2) is 5.03. The van der Waals surface area contributed by atoms with Crippen LogP contribution in [-0.2, 0) is 9.53 Å². The lowest BCUT2D eigenvalue weighted by Crippen LogP contribution is -2.41. The van der Waals surface area contributed by atoms with Crippen molar-refractivity contribution in [2.24, 2.45) is 11.3 Å². The molecule has 3 aliphatic rings. The maximum atomic E-state index is 12.1. The summed E-state index contributed by atoms with van der Waals surface area (Å²) in [6.07, 6.45) is 3.61. The van der Waals surface area contributed by atoms with Gasteiger partial charge >= 0.3 is 5.97 Å². The monoisotopic (exact) mass is 304 g/mol. The van der Waals surface area contributed by atoms with Crippen molar-refractivity contribution in [3.05, 3.63) is 29.8 Å². The van der Waals surface area contributed by atoms with E-state index in [4.69, 9.17) is 4.74 Å². The molecule has 1 N–H and O–H groups in total. The molecule has 1 aromatic rings. The highest BCUT2D eigenvalue weighted by Gasteiger charge is 2.56. The van der Waals surface area contributed by atoms with Crippen LogP contribution in [0.25, 0.3) is 0 Å². The number of hydrogen-bond donors (Lipinski definition) is 1. The van der Waals surface area contributed by atoms with E-state index < -0.39 is 11.4 Å². The summed E-state index contributed by atoms with van der Waals surface area (Å²) in [7, 11) is 0. The van der Waals surface area contributed by atoms with E-state index in [-0.39, 0.29) is 6.10 Å². The topological polar surface area (TPSA) is 46.5 Å². The third-order valence-electron chi connectivity index (χ3n) is 5.28. The van der Waals surface area contributed by atoms with Crippen LogP contribution in [0.2, 0.25) is 0 Å². The normalized spacial score (nSPS) is 34.9. The van der Waals surface area contributed by atoms with Crippen molar-refractivity contribution in [1.82, 2.24) is 0 Å². The van der Waals surface area contributed by atoms with Crippen molar-refractivity contribution in [1.29, 1.82) is 0 Å². The molecule has 0 aromatic heterocycles. The van der Waals surface area contributed by atoms with E-state index in [0.29, 0.717) is 24.9 Å². The first kappa shape index (κ1) is 13.6. The Morgan fingerprint density at radius 1 is 1.38 bits per heavy atom. The third-order valence-corrected chi connectivity index (χ3v) is 6.53. The zero-order chi connectivity index (χ0) is 14.4. The second-order valence-electron chi connectivity index (χ2n) is 6.59. The van der Waals surface area contributed by atoms with E-state index in [2.05, 4.69) is 24.3 Å². The summed E-state index contributed by atoms with van der Waals surface area (Å²) < 4.78 is 5.86. The summed E-state index contributed by atoms with van der Waals surface area (Å²) >= 11 is 1.86. The first-order valence-electron chi connectivity index (χ1n) is 7.77. The molecule has 2 heterocycles. The first-order chi connectivity index (χ1) is 10.2. The van der Waals surface area contributed by atoms with Crippen LogP contribution in [0.4, 0.5) is 0 Å². The van der Waals surface area contributed by atoms with E-state index in [1.807, 2.05) is 11.8 Å². The summed E-state index contributed by atoms with van der Waals surface area (Å²) in [5.41, 5.74) is 0.675. The maximum Gasteiger partial charge on any atom is 0.312 e. The minimum absolute atomic E-state index is 0.0623. The van der Waals surface area contributed by atoms with Gasteiger partial charge in [0.1, 0.15) is 0 Å². The van der Waals surface area contributed by atoms with Crippen LogP contribution >= 0.6 is 11.8 Å². The molecule has 4 rings (SSSR count). The van der Waals surface area contributed by atoms with Gasteiger partial charge in [0.15, 0.2) is 0 Å². The van der Waals surface area contributed by atoms with Gasteiger partial charge in [0.2, 0.25) is 0 Å². The summed E-state index contributed by atoms with van der Waals surface area (Å²) in [4.78, 5) is 13.4. The Morgan fingerprint density at radius 2 is 2.19 bits per heavy atom. The molecule has 1 saturated carbocycles. The Balaban J connectivity index is 1.63. The zero-order valence-electron chi connectivity index (χ0n) is 12.0. The van der Waals surface area contributed by atoms with Crippen LogP contribution in [0.5, 0.6) is 0 Å². The Morgan fingerprint density at radius 3 is 2.95 bits per heavy atom. The molecular weight excluding hydrogens is 284 g/mol. The molecular formula is C17H20O3S. The highest BCUT2D eigenvalue weighted by atomic mass is 32.2. The molecule has 0 amide bonds. The van der Waals surface area contributed by atoms with Gasteiger partial charge in [0, 0.05) is 17.3 Å². The number of thioether (sulfide) groups is 1. The van der Waals surface area contributed by atoms with Gasteiger partial charge in [-0.2, -0.15) is 0 Å². The quantitative estimate of drug-likeness (QED) is 0.924. The minimum atomic E-state index is -0.663. The molecule has 3 atom stereocenters. The molecule has 0 bridgehead atoms. The number of hydrogen-bond acceptors (Lipinski definition) is 3. The lowest BCUT2D eigenvalue weighted by atomic mass is 9.71. The van der Waals surface area contributed by atoms with E-state index in [0.717, 1.165) is 25.0 Å². The van der Waals surface area contributed by atoms with Gasteiger partial charge in [0.05, 0.1) is 11.5 Å². The van der Waals surface area contributed by atoms with Crippen LogP contribution in [0, 0.1) is 11.3 Å². The van der Waals surface area contributed by atoms with Crippen molar-refractivity contribution >= 4 is 17.7 Å². The second-order valence-corrected chi connectivity index (χ2v) is 7.65. The molecule has 0 radical (unpaired) electrons. The lowest BCUT2D eigenvalue weighted by molar-refractivity contribution is -0.154. The predicted molar refractivity (Wildman–Crippen MR) is 81.7 cm³/mol. The summed E-state index contributed by atoms with van der Waals surface area (Å²) in [6, 6.07) is 8.44. The fraction of sp³-hybridized carbons (Fsp3) is 0.588. The van der Waals surface area contributed by atoms with Crippen molar-refractivity contribution in [3.8, 4) is 0 Å². The van der Waals surface area contributed by atoms with Crippen LogP contribution in [0.15, 0.2) is 29.2 Å². The predicted octanol–water partition coefficient (Wildman–Crippen LogP) is 3.54. The maximum absolute atomic E-state index is 12.1. The van der Waals surface area contributed by atoms with E-state index in [1.165, 1.54) is 10.5 Å². The number of rotatable bonds is 4. The number of ether oxygens (including phenoxy) is 1. The molecule has 112 valence electrons. The minimum Gasteiger partial charge on any atom is -0.481 e. The molecule has 3 nitrogen and oxygen atoms in total. The SMILES string of the molecule is O=C(O)C1(CC2CSc3ccccc32)CCOC1C1CC1. The zero-order valence-corrected chi connectivity index (χ0v) is 12.8.